The summed E-state index contributed by atoms with van der Waals surface area (Å²) in [4.78, 5) is 0. The predicted octanol–water partition coefficient (Wildman–Crippen LogP) is 7.83. The van der Waals surface area contributed by atoms with Gasteiger partial charge in [-0.15, -0.1) is 0 Å². The summed E-state index contributed by atoms with van der Waals surface area (Å²) < 4.78 is 68.0. The Morgan fingerprint density at radius 2 is 1.24 bits per heavy atom. The monoisotopic (exact) mass is 564 g/mol. The summed E-state index contributed by atoms with van der Waals surface area (Å²) in [7, 11) is -5.21. The lowest BCUT2D eigenvalue weighted by atomic mass is 10.5. The zero-order chi connectivity index (χ0) is 26.5. The smallest absolute Gasteiger partial charge is 0.376 e. The minimum atomic E-state index is -3.24. The Hall–Kier alpha value is 0.468. The molecule has 0 saturated carbocycles. The molecule has 206 valence electrons. The Morgan fingerprint density at radius 1 is 0.735 bits per heavy atom. The average Bonchev–Trinajstić information content (AvgIpc) is 2.69. The third-order valence-electron chi connectivity index (χ3n) is 6.35. The molecule has 0 aromatic heterocycles. The number of rotatable bonds is 21. The molecule has 0 bridgehead atoms. The summed E-state index contributed by atoms with van der Waals surface area (Å²) in [5.74, 6) is 0. The molecule has 0 aliphatic heterocycles. The minimum absolute atomic E-state index is 0.115. The van der Waals surface area contributed by atoms with Gasteiger partial charge in [0, 0.05) is 44.4 Å². The van der Waals surface area contributed by atoms with Gasteiger partial charge in [-0.05, 0) is 12.8 Å². The molecule has 0 saturated heterocycles. The van der Waals surface area contributed by atoms with Crippen molar-refractivity contribution in [1.82, 2.24) is 0 Å². The molecule has 0 aromatic rings. The van der Waals surface area contributed by atoms with Crippen LogP contribution in [0.3, 0.4) is 0 Å². The van der Waals surface area contributed by atoms with Gasteiger partial charge in [-0.25, -0.2) is 8.78 Å². The molecule has 0 aliphatic rings. The van der Waals surface area contributed by atoms with Crippen LogP contribution in [0.25, 0.3) is 0 Å². The quantitative estimate of drug-likeness (QED) is 0.0808. The number of ether oxygens (including phenoxy) is 3. The van der Waals surface area contributed by atoms with Gasteiger partial charge < -0.3 is 14.2 Å². The van der Waals surface area contributed by atoms with E-state index in [-0.39, 0.29) is 6.23 Å². The fourth-order valence-corrected chi connectivity index (χ4v) is 18.0. The van der Waals surface area contributed by atoms with Gasteiger partial charge >= 0.3 is 6.11 Å². The second-order valence-electron chi connectivity index (χ2n) is 12.6. The van der Waals surface area contributed by atoms with Crippen LogP contribution in [-0.4, -0.2) is 78.2 Å². The van der Waals surface area contributed by atoms with Crippen LogP contribution in [0.5, 0.6) is 0 Å². The molecule has 0 aliphatic carbocycles. The van der Waals surface area contributed by atoms with Gasteiger partial charge in [0.15, 0.2) is 0 Å². The molecule has 0 aromatic carbocycles. The van der Waals surface area contributed by atoms with Crippen molar-refractivity contribution >= 4 is 33.0 Å². The van der Waals surface area contributed by atoms with Crippen LogP contribution in [0.15, 0.2) is 0 Å². The zero-order valence-electron chi connectivity index (χ0n) is 23.1. The molecule has 0 fully saturated rings. The molecular weight excluding hydrogens is 513 g/mol. The maximum Gasteiger partial charge on any atom is 0.378 e. The van der Waals surface area contributed by atoms with Crippen molar-refractivity contribution in [2.45, 2.75) is 114 Å². The van der Waals surface area contributed by atoms with Crippen molar-refractivity contribution < 1.29 is 31.8 Å². The molecule has 0 N–H and O–H groups in total. The fraction of sp³-hybridized carbons (Fsp3) is 1.00. The molecule has 3 nitrogen and oxygen atoms in total. The largest absolute Gasteiger partial charge is 0.378 e. The first-order valence-electron chi connectivity index (χ1n) is 12.9. The van der Waals surface area contributed by atoms with E-state index >= 15 is 0 Å². The standard InChI is InChI=1S/C23H52F4O3Si4/c1-31(2)13-16-32(3,4)14-10-12-29-20-23(26,27)30-21-34(7,8)18-17-33(5,6)15-9-11-28-19-22(24)25/h22,31H,9-21H2,1-8H3. The Kier molecular flexibility index (Phi) is 16.6. The summed E-state index contributed by atoms with van der Waals surface area (Å²) in [5, 5.41) is 0. The van der Waals surface area contributed by atoms with E-state index in [1.54, 1.807) is 0 Å². The lowest BCUT2D eigenvalue weighted by Crippen LogP contribution is -2.40. The van der Waals surface area contributed by atoms with Gasteiger partial charge in [0.1, 0.15) is 13.2 Å². The van der Waals surface area contributed by atoms with Gasteiger partial charge in [0.05, 0.1) is 8.07 Å². The predicted molar refractivity (Wildman–Crippen MR) is 148 cm³/mol. The van der Waals surface area contributed by atoms with Crippen molar-refractivity contribution in [3.63, 3.8) is 0 Å². The van der Waals surface area contributed by atoms with E-state index in [2.05, 4.69) is 52.4 Å². The first-order chi connectivity index (χ1) is 15.5. The molecule has 0 atom stereocenters. The normalized spacial score (nSPS) is 13.9. The van der Waals surface area contributed by atoms with Gasteiger partial charge in [-0.3, -0.25) is 0 Å². The SMILES string of the molecule is C[SiH](C)CC[Si](C)(C)CCCOCC(F)(F)OC[Si](C)(C)CC[Si](C)(C)CCCOCC(F)F. The first-order valence-corrected chi connectivity index (χ1v) is 26.3. The molecule has 0 amide bonds. The third-order valence-corrected chi connectivity index (χ3v) is 18.1. The van der Waals surface area contributed by atoms with Crippen LogP contribution in [-0.2, 0) is 14.2 Å². The lowest BCUT2D eigenvalue weighted by molar-refractivity contribution is -0.256. The van der Waals surface area contributed by atoms with Crippen LogP contribution < -0.4 is 0 Å². The summed E-state index contributed by atoms with van der Waals surface area (Å²) in [6.07, 6.45) is -3.92. The van der Waals surface area contributed by atoms with Crippen molar-refractivity contribution in [1.29, 1.82) is 0 Å². The molecule has 34 heavy (non-hydrogen) atoms. The van der Waals surface area contributed by atoms with Gasteiger partial charge in [0.25, 0.3) is 6.43 Å². The van der Waals surface area contributed by atoms with Crippen molar-refractivity contribution in [3.8, 4) is 0 Å². The third kappa shape index (κ3) is 20.6. The summed E-state index contributed by atoms with van der Waals surface area (Å²) in [5.41, 5.74) is 0. The summed E-state index contributed by atoms with van der Waals surface area (Å²) in [6, 6.07) is 6.79. The topological polar surface area (TPSA) is 27.7 Å². The maximum atomic E-state index is 14.2. The number of alkyl halides is 4. The highest BCUT2D eigenvalue weighted by Crippen LogP contribution is 2.27. The Balaban J connectivity index is 4.16. The molecule has 0 unspecified atom stereocenters. The van der Waals surface area contributed by atoms with E-state index in [0.29, 0.717) is 13.2 Å². The summed E-state index contributed by atoms with van der Waals surface area (Å²) >= 11 is 0. The van der Waals surface area contributed by atoms with Gasteiger partial charge in [-0.2, -0.15) is 8.78 Å². The van der Waals surface area contributed by atoms with Crippen molar-refractivity contribution in [3.05, 3.63) is 0 Å². The second kappa shape index (κ2) is 16.3. The van der Waals surface area contributed by atoms with E-state index in [0.717, 1.165) is 37.0 Å². The number of halogens is 4. The van der Waals surface area contributed by atoms with E-state index in [1.165, 1.54) is 12.1 Å². The highest BCUT2D eigenvalue weighted by Gasteiger charge is 2.35. The molecule has 0 radical (unpaired) electrons. The Labute approximate surface area is 211 Å². The molecule has 0 rings (SSSR count). The second-order valence-corrected chi connectivity index (χ2v) is 31.7. The van der Waals surface area contributed by atoms with Crippen molar-refractivity contribution in [2.75, 3.05) is 32.7 Å². The van der Waals surface area contributed by atoms with Gasteiger partial charge in [-0.1, -0.05) is 88.6 Å². The van der Waals surface area contributed by atoms with Crippen LogP contribution in [0, 0.1) is 0 Å². The van der Waals surface area contributed by atoms with Crippen LogP contribution in [0.1, 0.15) is 12.8 Å². The fourth-order valence-electron chi connectivity index (χ4n) is 3.69. The van der Waals surface area contributed by atoms with E-state index in [1.807, 2.05) is 0 Å². The first kappa shape index (κ1) is 34.5. The van der Waals surface area contributed by atoms with Gasteiger partial charge in [0.2, 0.25) is 0 Å². The van der Waals surface area contributed by atoms with E-state index in [4.69, 9.17) is 14.2 Å². The Bertz CT molecular complexity index is 536. The Morgan fingerprint density at radius 3 is 1.76 bits per heavy atom. The van der Waals surface area contributed by atoms with Crippen LogP contribution in [0.2, 0.25) is 88.6 Å². The number of hydrogen-bond acceptors (Lipinski definition) is 3. The summed E-state index contributed by atoms with van der Waals surface area (Å²) in [6.45, 7) is 17.8. The molecule has 11 heteroatoms. The highest BCUT2D eigenvalue weighted by atomic mass is 28.3. The van der Waals surface area contributed by atoms with Crippen molar-refractivity contribution in [2.24, 2.45) is 0 Å². The van der Waals surface area contributed by atoms with E-state index in [9.17, 15) is 17.6 Å². The number of hydrogen-bond donors (Lipinski definition) is 0. The maximum absolute atomic E-state index is 14.2. The average molecular weight is 565 g/mol. The lowest BCUT2D eigenvalue weighted by Gasteiger charge is -2.30. The molecular formula is C23H52F4O3Si4. The minimum Gasteiger partial charge on any atom is -0.376 e. The highest BCUT2D eigenvalue weighted by molar-refractivity contribution is 6.82. The van der Waals surface area contributed by atoms with E-state index < -0.39 is 58.8 Å². The van der Waals surface area contributed by atoms with Crippen LogP contribution in [0.4, 0.5) is 17.6 Å². The van der Waals surface area contributed by atoms with Crippen LogP contribution >= 0.6 is 0 Å². The molecule has 0 heterocycles. The molecule has 0 spiro atoms. The zero-order valence-corrected chi connectivity index (χ0v) is 27.2.